The van der Waals surface area contributed by atoms with Crippen molar-refractivity contribution in [3.8, 4) is 0 Å². The lowest BCUT2D eigenvalue weighted by Gasteiger charge is -2.24. The summed E-state index contributed by atoms with van der Waals surface area (Å²) in [7, 11) is 0. The SMILES string of the molecule is CCCC1NCC(=O)N1Cc1cscc1C. The second-order valence-electron chi connectivity index (χ2n) is 4.29. The molecule has 0 saturated carbocycles. The summed E-state index contributed by atoms with van der Waals surface area (Å²) < 4.78 is 0. The third kappa shape index (κ3) is 2.28. The molecule has 2 heterocycles. The number of hydrogen-bond acceptors (Lipinski definition) is 3. The molecule has 1 amide bonds. The van der Waals surface area contributed by atoms with Crippen molar-refractivity contribution >= 4 is 17.2 Å². The molecule has 16 heavy (non-hydrogen) atoms. The van der Waals surface area contributed by atoms with Crippen LogP contribution in [0.5, 0.6) is 0 Å². The lowest BCUT2D eigenvalue weighted by atomic mass is 10.2. The molecular weight excluding hydrogens is 220 g/mol. The normalized spacial score (nSPS) is 20.8. The summed E-state index contributed by atoms with van der Waals surface area (Å²) in [6, 6.07) is 0. The van der Waals surface area contributed by atoms with Crippen LogP contribution < -0.4 is 5.32 Å². The largest absolute Gasteiger partial charge is 0.322 e. The topological polar surface area (TPSA) is 32.3 Å². The van der Waals surface area contributed by atoms with Crippen molar-refractivity contribution in [2.24, 2.45) is 0 Å². The quantitative estimate of drug-likeness (QED) is 0.871. The van der Waals surface area contributed by atoms with Gasteiger partial charge < -0.3 is 4.90 Å². The van der Waals surface area contributed by atoms with Gasteiger partial charge in [-0.3, -0.25) is 10.1 Å². The van der Waals surface area contributed by atoms with Crippen LogP contribution in [0.15, 0.2) is 10.8 Å². The number of hydrogen-bond donors (Lipinski definition) is 1. The molecule has 1 fully saturated rings. The van der Waals surface area contributed by atoms with Crippen molar-refractivity contribution in [2.45, 2.75) is 39.4 Å². The lowest BCUT2D eigenvalue weighted by molar-refractivity contribution is -0.128. The number of nitrogens with zero attached hydrogens (tertiary/aromatic N) is 1. The predicted molar refractivity (Wildman–Crippen MR) is 66.3 cm³/mol. The highest BCUT2D eigenvalue weighted by Gasteiger charge is 2.29. The fourth-order valence-corrected chi connectivity index (χ4v) is 2.90. The molecule has 1 unspecified atom stereocenters. The van der Waals surface area contributed by atoms with E-state index in [1.807, 2.05) is 4.90 Å². The Balaban J connectivity index is 2.07. The molecule has 1 aliphatic heterocycles. The molecule has 88 valence electrons. The smallest absolute Gasteiger partial charge is 0.238 e. The van der Waals surface area contributed by atoms with Gasteiger partial charge >= 0.3 is 0 Å². The molecule has 1 aromatic rings. The molecule has 1 aliphatic rings. The third-order valence-electron chi connectivity index (χ3n) is 3.05. The monoisotopic (exact) mass is 238 g/mol. The highest BCUT2D eigenvalue weighted by atomic mass is 32.1. The van der Waals surface area contributed by atoms with Gasteiger partial charge in [0.05, 0.1) is 12.7 Å². The van der Waals surface area contributed by atoms with E-state index in [-0.39, 0.29) is 12.1 Å². The van der Waals surface area contributed by atoms with Crippen molar-refractivity contribution in [1.29, 1.82) is 0 Å². The molecule has 0 radical (unpaired) electrons. The van der Waals surface area contributed by atoms with E-state index in [4.69, 9.17) is 0 Å². The zero-order valence-electron chi connectivity index (χ0n) is 9.82. The Morgan fingerprint density at radius 1 is 1.56 bits per heavy atom. The van der Waals surface area contributed by atoms with Crippen molar-refractivity contribution in [3.05, 3.63) is 21.9 Å². The van der Waals surface area contributed by atoms with E-state index in [1.165, 1.54) is 11.1 Å². The molecule has 3 nitrogen and oxygen atoms in total. The van der Waals surface area contributed by atoms with Crippen LogP contribution in [0.25, 0.3) is 0 Å². The molecule has 0 spiro atoms. The van der Waals surface area contributed by atoms with Gasteiger partial charge in [-0.2, -0.15) is 11.3 Å². The Labute approximate surface area is 100 Å². The molecule has 1 atom stereocenters. The number of carbonyl (C=O) groups excluding carboxylic acids is 1. The highest BCUT2D eigenvalue weighted by molar-refractivity contribution is 7.08. The van der Waals surface area contributed by atoms with E-state index in [0.717, 1.165) is 19.4 Å². The number of aryl methyl sites for hydroxylation is 1. The first-order valence-electron chi connectivity index (χ1n) is 5.77. The number of nitrogens with one attached hydrogen (secondary N) is 1. The molecule has 0 bridgehead atoms. The minimum Gasteiger partial charge on any atom is -0.322 e. The number of carbonyl (C=O) groups is 1. The summed E-state index contributed by atoms with van der Waals surface area (Å²) in [6.45, 7) is 5.51. The Hall–Kier alpha value is -0.870. The predicted octanol–water partition coefficient (Wildman–Crippen LogP) is 2.11. The van der Waals surface area contributed by atoms with Gasteiger partial charge in [0.1, 0.15) is 0 Å². The van der Waals surface area contributed by atoms with Crippen LogP contribution in [0.1, 0.15) is 30.9 Å². The average molecular weight is 238 g/mol. The van der Waals surface area contributed by atoms with Crippen LogP contribution in [0.3, 0.4) is 0 Å². The van der Waals surface area contributed by atoms with Crippen molar-refractivity contribution < 1.29 is 4.79 Å². The van der Waals surface area contributed by atoms with Gasteiger partial charge in [-0.15, -0.1) is 0 Å². The standard InChI is InChI=1S/C12H18N2OS/c1-3-4-11-13-5-12(15)14(11)6-10-8-16-7-9(10)2/h7-8,11,13H,3-6H2,1-2H3. The summed E-state index contributed by atoms with van der Waals surface area (Å²) in [5.74, 6) is 0.226. The number of thiophene rings is 1. The van der Waals surface area contributed by atoms with Gasteiger partial charge in [0.15, 0.2) is 0 Å². The van der Waals surface area contributed by atoms with E-state index in [2.05, 4.69) is 29.9 Å². The van der Waals surface area contributed by atoms with Crippen LogP contribution in [0.4, 0.5) is 0 Å². The Kier molecular flexibility index (Phi) is 3.61. The van der Waals surface area contributed by atoms with E-state index >= 15 is 0 Å². The van der Waals surface area contributed by atoms with E-state index in [9.17, 15) is 4.79 Å². The van der Waals surface area contributed by atoms with Crippen molar-refractivity contribution in [3.63, 3.8) is 0 Å². The minimum absolute atomic E-state index is 0.226. The first kappa shape index (κ1) is 11.6. The van der Waals surface area contributed by atoms with Crippen molar-refractivity contribution in [2.75, 3.05) is 6.54 Å². The highest BCUT2D eigenvalue weighted by Crippen LogP contribution is 2.20. The van der Waals surface area contributed by atoms with Gasteiger partial charge in [-0.05, 0) is 35.2 Å². The molecule has 4 heteroatoms. The van der Waals surface area contributed by atoms with Gasteiger partial charge in [0.2, 0.25) is 5.91 Å². The van der Waals surface area contributed by atoms with Crippen LogP contribution in [-0.2, 0) is 11.3 Å². The molecule has 1 aromatic heterocycles. The number of amides is 1. The second-order valence-corrected chi connectivity index (χ2v) is 5.03. The summed E-state index contributed by atoms with van der Waals surface area (Å²) in [5, 5.41) is 7.55. The Bertz CT molecular complexity index is 375. The van der Waals surface area contributed by atoms with Gasteiger partial charge in [0.25, 0.3) is 0 Å². The van der Waals surface area contributed by atoms with E-state index < -0.39 is 0 Å². The summed E-state index contributed by atoms with van der Waals surface area (Å²) in [5.41, 5.74) is 2.57. The maximum Gasteiger partial charge on any atom is 0.238 e. The van der Waals surface area contributed by atoms with Crippen molar-refractivity contribution in [1.82, 2.24) is 10.2 Å². The van der Waals surface area contributed by atoms with Crippen LogP contribution in [0, 0.1) is 6.92 Å². The van der Waals surface area contributed by atoms with E-state index in [0.29, 0.717) is 6.54 Å². The maximum atomic E-state index is 11.8. The summed E-state index contributed by atoms with van der Waals surface area (Å²) in [6.07, 6.45) is 2.37. The van der Waals surface area contributed by atoms with Gasteiger partial charge in [0, 0.05) is 6.54 Å². The molecule has 0 aromatic carbocycles. The minimum atomic E-state index is 0.226. The first-order chi connectivity index (χ1) is 7.72. The fourth-order valence-electron chi connectivity index (χ4n) is 2.05. The third-order valence-corrected chi connectivity index (χ3v) is 3.96. The Morgan fingerprint density at radius 2 is 2.38 bits per heavy atom. The van der Waals surface area contributed by atoms with Crippen LogP contribution in [-0.4, -0.2) is 23.5 Å². The molecule has 1 N–H and O–H groups in total. The molecule has 1 saturated heterocycles. The lowest BCUT2D eigenvalue weighted by Crippen LogP contribution is -2.36. The second kappa shape index (κ2) is 4.97. The molecule has 0 aliphatic carbocycles. The van der Waals surface area contributed by atoms with E-state index in [1.54, 1.807) is 11.3 Å². The first-order valence-corrected chi connectivity index (χ1v) is 6.71. The molecule has 2 rings (SSSR count). The zero-order chi connectivity index (χ0) is 11.5. The Morgan fingerprint density at radius 3 is 3.00 bits per heavy atom. The average Bonchev–Trinajstić information content (AvgIpc) is 2.80. The molecular formula is C12H18N2OS. The summed E-state index contributed by atoms with van der Waals surface area (Å²) >= 11 is 1.71. The van der Waals surface area contributed by atoms with Gasteiger partial charge in [-0.1, -0.05) is 13.3 Å². The number of rotatable bonds is 4. The summed E-state index contributed by atoms with van der Waals surface area (Å²) in [4.78, 5) is 13.7. The van der Waals surface area contributed by atoms with Gasteiger partial charge in [-0.25, -0.2) is 0 Å². The maximum absolute atomic E-state index is 11.8. The zero-order valence-corrected chi connectivity index (χ0v) is 10.6. The van der Waals surface area contributed by atoms with Crippen LogP contribution >= 0.6 is 11.3 Å². The van der Waals surface area contributed by atoms with Crippen LogP contribution in [0.2, 0.25) is 0 Å². The fraction of sp³-hybridized carbons (Fsp3) is 0.583.